The molecule has 1 atom stereocenters. The van der Waals surface area contributed by atoms with Gasteiger partial charge in [-0.25, -0.2) is 8.42 Å². The van der Waals surface area contributed by atoms with Gasteiger partial charge in [0.25, 0.3) is 10.0 Å². The van der Waals surface area contributed by atoms with E-state index in [0.717, 1.165) is 0 Å². The normalized spacial score (nSPS) is 13.5. The summed E-state index contributed by atoms with van der Waals surface area (Å²) in [6.45, 7) is 3.79. The molecule has 1 aromatic rings. The highest BCUT2D eigenvalue weighted by atomic mass is 32.2. The Balaban J connectivity index is 2.96. The molecule has 0 saturated carbocycles. The number of carbonyl (C=O) groups is 1. The minimum Gasteiger partial charge on any atom is -0.468 e. The summed E-state index contributed by atoms with van der Waals surface area (Å²) in [6, 6.07) is 0.469. The van der Waals surface area contributed by atoms with Gasteiger partial charge in [0, 0.05) is 7.05 Å². The van der Waals surface area contributed by atoms with Crippen LogP contribution in [0.1, 0.15) is 20.3 Å². The van der Waals surface area contributed by atoms with E-state index in [0.29, 0.717) is 6.42 Å². The van der Waals surface area contributed by atoms with Crippen molar-refractivity contribution >= 4 is 16.0 Å². The number of methoxy groups -OCH3 is 1. The SMILES string of the molecule is COC(=O)C(CC(C)C)NS(=O)(=O)c1ccnn1C. The van der Waals surface area contributed by atoms with Crippen molar-refractivity contribution < 1.29 is 17.9 Å². The van der Waals surface area contributed by atoms with Gasteiger partial charge in [-0.15, -0.1) is 0 Å². The van der Waals surface area contributed by atoms with Crippen LogP contribution in [0.3, 0.4) is 0 Å². The predicted molar refractivity (Wildman–Crippen MR) is 68.8 cm³/mol. The summed E-state index contributed by atoms with van der Waals surface area (Å²) in [5, 5.41) is 3.80. The Hall–Kier alpha value is -1.41. The molecule has 0 aliphatic heterocycles. The van der Waals surface area contributed by atoms with Crippen molar-refractivity contribution in [2.45, 2.75) is 31.3 Å². The number of nitrogens with one attached hydrogen (secondary N) is 1. The molecule has 1 heterocycles. The standard InChI is InChI=1S/C11H19N3O4S/c1-8(2)7-9(11(15)18-4)13-19(16,17)10-5-6-12-14(10)3/h5-6,8-9,13H,7H2,1-4H3. The topological polar surface area (TPSA) is 90.3 Å². The van der Waals surface area contributed by atoms with E-state index in [1.54, 1.807) is 0 Å². The number of esters is 1. The molecular weight excluding hydrogens is 270 g/mol. The van der Waals surface area contributed by atoms with Crippen LogP contribution in [-0.4, -0.2) is 37.3 Å². The summed E-state index contributed by atoms with van der Waals surface area (Å²) in [7, 11) is -1.05. The lowest BCUT2D eigenvalue weighted by molar-refractivity contribution is -0.143. The quantitative estimate of drug-likeness (QED) is 0.760. The molecule has 1 aromatic heterocycles. The second-order valence-electron chi connectivity index (χ2n) is 4.62. The first-order valence-electron chi connectivity index (χ1n) is 5.86. The smallest absolute Gasteiger partial charge is 0.323 e. The molecule has 108 valence electrons. The van der Waals surface area contributed by atoms with Crippen LogP contribution in [-0.2, 0) is 26.6 Å². The van der Waals surface area contributed by atoms with E-state index in [-0.39, 0.29) is 10.9 Å². The molecule has 7 nitrogen and oxygen atoms in total. The summed E-state index contributed by atoms with van der Waals surface area (Å²) in [4.78, 5) is 11.6. The number of nitrogens with zero attached hydrogens (tertiary/aromatic N) is 2. The Kier molecular flexibility index (Phi) is 5.07. The average Bonchev–Trinajstić information content (AvgIpc) is 2.73. The number of rotatable bonds is 6. The molecule has 0 amide bonds. The van der Waals surface area contributed by atoms with Gasteiger partial charge in [-0.2, -0.15) is 9.82 Å². The molecule has 0 aliphatic carbocycles. The van der Waals surface area contributed by atoms with Crippen molar-refractivity contribution in [1.82, 2.24) is 14.5 Å². The third-order valence-corrected chi connectivity index (χ3v) is 4.09. The lowest BCUT2D eigenvalue weighted by atomic mass is 10.1. The number of hydrogen-bond acceptors (Lipinski definition) is 5. The van der Waals surface area contributed by atoms with E-state index in [9.17, 15) is 13.2 Å². The van der Waals surface area contributed by atoms with Crippen LogP contribution in [0.2, 0.25) is 0 Å². The highest BCUT2D eigenvalue weighted by Crippen LogP contribution is 2.12. The molecule has 0 aromatic carbocycles. The second kappa shape index (κ2) is 6.16. The largest absolute Gasteiger partial charge is 0.468 e. The van der Waals surface area contributed by atoms with E-state index in [4.69, 9.17) is 0 Å². The van der Waals surface area contributed by atoms with E-state index >= 15 is 0 Å². The van der Waals surface area contributed by atoms with E-state index < -0.39 is 22.0 Å². The van der Waals surface area contributed by atoms with E-state index in [1.807, 2.05) is 13.8 Å². The lowest BCUT2D eigenvalue weighted by Crippen LogP contribution is -2.42. The average molecular weight is 289 g/mol. The summed E-state index contributed by atoms with van der Waals surface area (Å²) in [5.74, 6) is -0.446. The van der Waals surface area contributed by atoms with Crippen LogP contribution in [0.5, 0.6) is 0 Å². The molecule has 1 N–H and O–H groups in total. The van der Waals surface area contributed by atoms with Crippen molar-refractivity contribution in [1.29, 1.82) is 0 Å². The van der Waals surface area contributed by atoms with E-state index in [2.05, 4.69) is 14.6 Å². The maximum absolute atomic E-state index is 12.1. The number of aromatic nitrogens is 2. The lowest BCUT2D eigenvalue weighted by Gasteiger charge is -2.18. The van der Waals surface area contributed by atoms with Gasteiger partial charge >= 0.3 is 5.97 Å². The van der Waals surface area contributed by atoms with Gasteiger partial charge in [-0.05, 0) is 18.4 Å². The number of ether oxygens (including phenoxy) is 1. The van der Waals surface area contributed by atoms with Gasteiger partial charge in [-0.3, -0.25) is 9.48 Å². The molecule has 1 rings (SSSR count). The summed E-state index contributed by atoms with van der Waals surface area (Å²) < 4.78 is 32.5. The fourth-order valence-corrected chi connectivity index (χ4v) is 3.00. The molecule has 0 radical (unpaired) electrons. The fraction of sp³-hybridized carbons (Fsp3) is 0.636. The monoisotopic (exact) mass is 289 g/mol. The predicted octanol–water partition coefficient (Wildman–Crippen LogP) is 0.286. The van der Waals surface area contributed by atoms with E-state index in [1.165, 1.54) is 31.1 Å². The highest BCUT2D eigenvalue weighted by Gasteiger charge is 2.28. The zero-order chi connectivity index (χ0) is 14.6. The molecule has 19 heavy (non-hydrogen) atoms. The molecule has 1 unspecified atom stereocenters. The van der Waals surface area contributed by atoms with Crippen LogP contribution in [0.25, 0.3) is 0 Å². The number of carbonyl (C=O) groups excluding carboxylic acids is 1. The first kappa shape index (κ1) is 15.6. The van der Waals surface area contributed by atoms with Gasteiger partial charge in [0.1, 0.15) is 6.04 Å². The van der Waals surface area contributed by atoms with Gasteiger partial charge in [0.05, 0.1) is 13.3 Å². The number of hydrogen-bond donors (Lipinski definition) is 1. The second-order valence-corrected chi connectivity index (χ2v) is 6.28. The minimum absolute atomic E-state index is 0.00478. The van der Waals surface area contributed by atoms with Crippen LogP contribution < -0.4 is 4.72 Å². The van der Waals surface area contributed by atoms with Crippen molar-refractivity contribution in [3.05, 3.63) is 12.3 Å². The first-order chi connectivity index (χ1) is 8.77. The Morgan fingerprint density at radius 2 is 2.16 bits per heavy atom. The molecule has 0 spiro atoms. The number of aryl methyl sites for hydroxylation is 1. The maximum Gasteiger partial charge on any atom is 0.323 e. The van der Waals surface area contributed by atoms with Crippen LogP contribution in [0.15, 0.2) is 17.3 Å². The van der Waals surface area contributed by atoms with Crippen LogP contribution >= 0.6 is 0 Å². The Labute approximate surface area is 113 Å². The molecule has 0 aliphatic rings. The molecule has 0 fully saturated rings. The Morgan fingerprint density at radius 3 is 2.58 bits per heavy atom. The zero-order valence-corrected chi connectivity index (χ0v) is 12.3. The third kappa shape index (κ3) is 4.03. The summed E-state index contributed by atoms with van der Waals surface area (Å²) in [5.41, 5.74) is 0. The minimum atomic E-state index is -3.80. The van der Waals surface area contributed by atoms with Crippen molar-refractivity contribution in [2.75, 3.05) is 7.11 Å². The van der Waals surface area contributed by atoms with Gasteiger partial charge in [-0.1, -0.05) is 13.8 Å². The van der Waals surface area contributed by atoms with Gasteiger partial charge in [0.15, 0.2) is 5.03 Å². The molecule has 8 heteroatoms. The summed E-state index contributed by atoms with van der Waals surface area (Å²) in [6.07, 6.45) is 1.74. The Morgan fingerprint density at radius 1 is 1.53 bits per heavy atom. The van der Waals surface area contributed by atoms with Crippen molar-refractivity contribution in [3.8, 4) is 0 Å². The zero-order valence-electron chi connectivity index (χ0n) is 11.5. The fourth-order valence-electron chi connectivity index (χ4n) is 1.68. The van der Waals surface area contributed by atoms with Crippen molar-refractivity contribution in [2.24, 2.45) is 13.0 Å². The van der Waals surface area contributed by atoms with Crippen molar-refractivity contribution in [3.63, 3.8) is 0 Å². The Bertz CT molecular complexity index is 536. The highest BCUT2D eigenvalue weighted by molar-refractivity contribution is 7.89. The first-order valence-corrected chi connectivity index (χ1v) is 7.34. The number of sulfonamides is 1. The molecular formula is C11H19N3O4S. The van der Waals surface area contributed by atoms with Gasteiger partial charge in [0.2, 0.25) is 0 Å². The van der Waals surface area contributed by atoms with Crippen LogP contribution in [0, 0.1) is 5.92 Å². The van der Waals surface area contributed by atoms with Gasteiger partial charge < -0.3 is 4.74 Å². The maximum atomic E-state index is 12.1. The van der Waals surface area contributed by atoms with Crippen LogP contribution in [0.4, 0.5) is 0 Å². The molecule has 0 saturated heterocycles. The third-order valence-electron chi connectivity index (χ3n) is 2.54. The summed E-state index contributed by atoms with van der Waals surface area (Å²) >= 11 is 0. The molecule has 0 bridgehead atoms.